The quantitative estimate of drug-likeness (QED) is 0.657. The Hall–Kier alpha value is -1.32. The normalized spacial score (nSPS) is 7.75. The molecule has 0 fully saturated rings. The minimum Gasteiger partial charge on any atom is -0.507 e. The molecule has 4 nitrogen and oxygen atoms in total. The van der Waals surface area contributed by atoms with Gasteiger partial charge in [-0.3, -0.25) is 0 Å². The fraction of sp³-hybridized carbons (Fsp3) is 0. The van der Waals surface area contributed by atoms with E-state index in [1.165, 1.54) is 6.07 Å². The van der Waals surface area contributed by atoms with E-state index in [0.717, 1.165) is 0 Å². The van der Waals surface area contributed by atoms with Crippen LogP contribution < -0.4 is 5.73 Å². The van der Waals surface area contributed by atoms with Crippen LogP contribution in [0.5, 0.6) is 5.75 Å². The number of phenols is 1. The van der Waals surface area contributed by atoms with Crippen LogP contribution >= 0.6 is 15.9 Å². The molecule has 0 saturated heterocycles. The van der Waals surface area contributed by atoms with Crippen LogP contribution in [0, 0.1) is 0 Å². The molecule has 0 aliphatic rings. The number of nitrogen functional groups attached to an aromatic ring is 1. The van der Waals surface area contributed by atoms with Crippen LogP contribution in [0.15, 0.2) is 22.7 Å². The zero-order valence-corrected chi connectivity index (χ0v) is 7.54. The van der Waals surface area contributed by atoms with E-state index in [0.29, 0.717) is 10.2 Å². The van der Waals surface area contributed by atoms with Gasteiger partial charge in [0.1, 0.15) is 5.75 Å². The molecule has 0 aliphatic carbocycles. The van der Waals surface area contributed by atoms with Crippen LogP contribution in [0.25, 0.3) is 0 Å². The van der Waals surface area contributed by atoms with Gasteiger partial charge in [0.25, 0.3) is 0 Å². The smallest absolute Gasteiger partial charge is 0.373 e. The largest absolute Gasteiger partial charge is 0.507 e. The predicted molar refractivity (Wildman–Crippen MR) is 45.2 cm³/mol. The number of benzene rings is 1. The summed E-state index contributed by atoms with van der Waals surface area (Å²) in [6.45, 7) is 0. The van der Waals surface area contributed by atoms with Crippen LogP contribution in [-0.4, -0.2) is 11.3 Å². The Morgan fingerprint density at radius 3 is 2.25 bits per heavy atom. The maximum absolute atomic E-state index is 8.97. The van der Waals surface area contributed by atoms with Crippen LogP contribution in [0.1, 0.15) is 0 Å². The standard InChI is InChI=1S/C6H6BrNO.CO2/c7-5-2-1-4(8)3-6(5)9;2-1-3/h1-3,9H,8H2;. The van der Waals surface area contributed by atoms with E-state index in [-0.39, 0.29) is 11.9 Å². The van der Waals surface area contributed by atoms with Gasteiger partial charge in [0.2, 0.25) is 0 Å². The van der Waals surface area contributed by atoms with Crippen LogP contribution in [0.4, 0.5) is 5.69 Å². The Labute approximate surface area is 77.1 Å². The van der Waals surface area contributed by atoms with Crippen LogP contribution in [0.2, 0.25) is 0 Å². The Balaban J connectivity index is 0.000000354. The molecule has 3 N–H and O–H groups in total. The van der Waals surface area contributed by atoms with Crippen molar-refractivity contribution in [2.24, 2.45) is 0 Å². The van der Waals surface area contributed by atoms with Gasteiger partial charge in [-0.1, -0.05) is 0 Å². The van der Waals surface area contributed by atoms with E-state index in [4.69, 9.17) is 20.4 Å². The summed E-state index contributed by atoms with van der Waals surface area (Å²) in [6.07, 6.45) is 0.250. The Morgan fingerprint density at radius 1 is 1.42 bits per heavy atom. The van der Waals surface area contributed by atoms with E-state index in [2.05, 4.69) is 15.9 Å². The molecule has 0 heterocycles. The second kappa shape index (κ2) is 5.35. The van der Waals surface area contributed by atoms with Crippen LogP contribution in [-0.2, 0) is 9.59 Å². The number of phenolic OH excluding ortho intramolecular Hbond substituents is 1. The van der Waals surface area contributed by atoms with Gasteiger partial charge in [-0.05, 0) is 28.1 Å². The third kappa shape index (κ3) is 3.75. The molecule has 0 aromatic heterocycles. The number of carbonyl (C=O) groups excluding carboxylic acids is 2. The minimum atomic E-state index is 0.176. The van der Waals surface area contributed by atoms with Gasteiger partial charge in [-0.25, -0.2) is 0 Å². The number of anilines is 1. The number of halogens is 1. The maximum atomic E-state index is 8.97. The first kappa shape index (κ1) is 10.7. The highest BCUT2D eigenvalue weighted by atomic mass is 79.9. The van der Waals surface area contributed by atoms with Gasteiger partial charge in [-0.2, -0.15) is 9.59 Å². The van der Waals surface area contributed by atoms with Crippen molar-refractivity contribution < 1.29 is 14.7 Å². The second-order valence-electron chi connectivity index (χ2n) is 1.79. The van der Waals surface area contributed by atoms with Crippen molar-refractivity contribution in [2.75, 3.05) is 5.73 Å². The molecule has 0 radical (unpaired) electrons. The van der Waals surface area contributed by atoms with E-state index in [9.17, 15) is 0 Å². The average Bonchev–Trinajstić information content (AvgIpc) is 1.99. The molecule has 0 atom stereocenters. The second-order valence-corrected chi connectivity index (χ2v) is 2.65. The molecule has 1 rings (SSSR count). The molecular formula is C7H6BrNO3. The van der Waals surface area contributed by atoms with Crippen molar-refractivity contribution in [2.45, 2.75) is 0 Å². The summed E-state index contributed by atoms with van der Waals surface area (Å²) >= 11 is 3.12. The maximum Gasteiger partial charge on any atom is 0.373 e. The third-order valence-corrected chi connectivity index (χ3v) is 1.64. The molecule has 64 valence electrons. The first-order valence-corrected chi connectivity index (χ1v) is 3.64. The monoisotopic (exact) mass is 231 g/mol. The van der Waals surface area contributed by atoms with Gasteiger partial charge in [0, 0.05) is 11.8 Å². The van der Waals surface area contributed by atoms with Gasteiger partial charge >= 0.3 is 6.15 Å². The van der Waals surface area contributed by atoms with E-state index < -0.39 is 0 Å². The average molecular weight is 232 g/mol. The SMILES string of the molecule is Nc1ccc(Br)c(O)c1.O=C=O. The van der Waals surface area contributed by atoms with Gasteiger partial charge in [-0.15, -0.1) is 0 Å². The van der Waals surface area contributed by atoms with Crippen molar-refractivity contribution in [3.63, 3.8) is 0 Å². The first-order valence-electron chi connectivity index (χ1n) is 2.85. The molecule has 1 aromatic rings. The molecule has 0 amide bonds. The lowest BCUT2D eigenvalue weighted by molar-refractivity contribution is -0.191. The molecule has 12 heavy (non-hydrogen) atoms. The molecule has 1 aromatic carbocycles. The summed E-state index contributed by atoms with van der Waals surface area (Å²) in [6, 6.07) is 4.90. The molecule has 5 heteroatoms. The number of nitrogens with two attached hydrogens (primary N) is 1. The van der Waals surface area contributed by atoms with Crippen molar-refractivity contribution in [3.05, 3.63) is 22.7 Å². The van der Waals surface area contributed by atoms with Gasteiger partial charge in [0.05, 0.1) is 4.47 Å². The molecule has 0 aliphatic heterocycles. The van der Waals surface area contributed by atoms with E-state index in [1.807, 2.05) is 0 Å². The highest BCUT2D eigenvalue weighted by molar-refractivity contribution is 9.10. The predicted octanol–water partition coefficient (Wildman–Crippen LogP) is 1.15. The number of rotatable bonds is 0. The summed E-state index contributed by atoms with van der Waals surface area (Å²) in [7, 11) is 0. The van der Waals surface area contributed by atoms with Crippen molar-refractivity contribution in [1.82, 2.24) is 0 Å². The molecule has 0 spiro atoms. The third-order valence-electron chi connectivity index (χ3n) is 0.970. The van der Waals surface area contributed by atoms with Gasteiger partial charge < -0.3 is 10.8 Å². The lowest BCUT2D eigenvalue weighted by Crippen LogP contribution is -1.82. The fourth-order valence-electron chi connectivity index (χ4n) is 0.530. The zero-order chi connectivity index (χ0) is 9.56. The van der Waals surface area contributed by atoms with Crippen molar-refractivity contribution in [3.8, 4) is 5.75 Å². The Bertz CT molecular complexity index is 295. The lowest BCUT2D eigenvalue weighted by Gasteiger charge is -1.95. The van der Waals surface area contributed by atoms with Gasteiger partial charge in [0.15, 0.2) is 0 Å². The lowest BCUT2D eigenvalue weighted by atomic mass is 10.3. The Kier molecular flexibility index (Phi) is 4.76. The van der Waals surface area contributed by atoms with Crippen molar-refractivity contribution >= 4 is 27.8 Å². The Morgan fingerprint density at radius 2 is 1.92 bits per heavy atom. The first-order chi connectivity index (χ1) is 5.61. The van der Waals surface area contributed by atoms with Crippen LogP contribution in [0.3, 0.4) is 0 Å². The summed E-state index contributed by atoms with van der Waals surface area (Å²) in [4.78, 5) is 16.2. The fourth-order valence-corrected chi connectivity index (χ4v) is 0.776. The molecule has 0 saturated carbocycles. The summed E-state index contributed by atoms with van der Waals surface area (Å²) < 4.78 is 0.664. The highest BCUT2D eigenvalue weighted by Gasteiger charge is 1.94. The molecule has 0 bridgehead atoms. The number of aromatic hydroxyl groups is 1. The minimum absolute atomic E-state index is 0.176. The molecule has 0 unspecified atom stereocenters. The van der Waals surface area contributed by atoms with Crippen molar-refractivity contribution in [1.29, 1.82) is 0 Å². The highest BCUT2D eigenvalue weighted by Crippen LogP contribution is 2.24. The summed E-state index contributed by atoms with van der Waals surface area (Å²) in [5.74, 6) is 0.176. The van der Waals surface area contributed by atoms with E-state index in [1.54, 1.807) is 12.1 Å². The molecular weight excluding hydrogens is 226 g/mol. The zero-order valence-electron chi connectivity index (χ0n) is 5.95. The number of hydrogen-bond donors (Lipinski definition) is 2. The summed E-state index contributed by atoms with van der Waals surface area (Å²) in [5, 5.41) is 8.97. The topological polar surface area (TPSA) is 80.4 Å². The number of hydrogen-bond acceptors (Lipinski definition) is 4. The van der Waals surface area contributed by atoms with E-state index >= 15 is 0 Å². The summed E-state index contributed by atoms with van der Waals surface area (Å²) in [5.41, 5.74) is 5.91.